The second-order valence-corrected chi connectivity index (χ2v) is 3.77. The van der Waals surface area contributed by atoms with Crippen LogP contribution >= 0.6 is 0 Å². The number of aromatic carboxylic acids is 1. The smallest absolute Gasteiger partial charge is 0.341 e. The molecular weight excluding hydrogens is 305 g/mol. The molecule has 0 heterocycles. The number of rotatable bonds is 3. The molecule has 0 bridgehead atoms. The topological polar surface area (TPSA) is 89.8 Å². The van der Waals surface area contributed by atoms with Gasteiger partial charge in [-0.1, -0.05) is 0 Å². The number of halogens is 5. The van der Waals surface area contributed by atoms with Crippen LogP contribution in [-0.4, -0.2) is 33.7 Å². The Morgan fingerprint density at radius 2 is 1.14 bits per heavy atom. The summed E-state index contributed by atoms with van der Waals surface area (Å²) in [5.74, 6) is -13.9. The van der Waals surface area contributed by atoms with E-state index < -0.39 is 53.1 Å². The summed E-state index contributed by atoms with van der Waals surface area (Å²) in [6.45, 7) is 3.10. The molecule has 10 heteroatoms. The first kappa shape index (κ1) is 19.2. The van der Waals surface area contributed by atoms with Crippen molar-refractivity contribution in [2.24, 2.45) is 0 Å². The van der Waals surface area contributed by atoms with Crippen LogP contribution in [0, 0.1) is 29.1 Å². The molecule has 0 aliphatic rings. The van der Waals surface area contributed by atoms with Crippen molar-refractivity contribution in [3.05, 3.63) is 34.6 Å². The summed E-state index contributed by atoms with van der Waals surface area (Å²) in [5.41, 5.74) is -1.86. The highest BCUT2D eigenvalue weighted by molar-refractivity contribution is 5.88. The van der Waals surface area contributed by atoms with Crippen LogP contribution in [0.2, 0.25) is 0 Å². The zero-order chi connectivity index (χ0) is 16.9. The number of hydrogen-bond acceptors (Lipinski definition) is 4. The average molecular weight is 317 g/mol. The molecular formula is C11H12F5NO4. The van der Waals surface area contributed by atoms with Crippen molar-refractivity contribution >= 4 is 5.97 Å². The molecule has 0 aromatic heterocycles. The van der Waals surface area contributed by atoms with E-state index in [-0.39, 0.29) is 0 Å². The van der Waals surface area contributed by atoms with Crippen molar-refractivity contribution in [1.29, 1.82) is 0 Å². The Morgan fingerprint density at radius 3 is 1.33 bits per heavy atom. The van der Waals surface area contributed by atoms with Crippen molar-refractivity contribution < 1.29 is 42.1 Å². The van der Waals surface area contributed by atoms with E-state index in [4.69, 9.17) is 15.3 Å². The van der Waals surface area contributed by atoms with Crippen molar-refractivity contribution in [3.63, 3.8) is 0 Å². The number of carboxylic acids is 1. The molecule has 2 unspecified atom stereocenters. The molecule has 0 fully saturated rings. The molecule has 4 N–H and O–H groups in total. The minimum atomic E-state index is -2.38. The molecule has 0 radical (unpaired) electrons. The Kier molecular flexibility index (Phi) is 7.19. The second-order valence-electron chi connectivity index (χ2n) is 3.77. The van der Waals surface area contributed by atoms with Crippen LogP contribution in [0.4, 0.5) is 22.0 Å². The van der Waals surface area contributed by atoms with Gasteiger partial charge in [0.05, 0.1) is 0 Å². The molecule has 1 rings (SSSR count). The van der Waals surface area contributed by atoms with E-state index in [1.165, 1.54) is 0 Å². The number of aliphatic hydroxyl groups excluding tert-OH is 2. The van der Waals surface area contributed by atoms with Gasteiger partial charge in [-0.25, -0.2) is 26.7 Å². The Bertz CT molecular complexity index is 487. The van der Waals surface area contributed by atoms with Gasteiger partial charge in [0.25, 0.3) is 0 Å². The first-order valence-electron chi connectivity index (χ1n) is 5.37. The highest BCUT2D eigenvalue weighted by Gasteiger charge is 2.29. The zero-order valence-electron chi connectivity index (χ0n) is 10.8. The number of benzene rings is 1. The molecule has 0 saturated carbocycles. The van der Waals surface area contributed by atoms with Crippen molar-refractivity contribution in [2.75, 3.05) is 0 Å². The first-order chi connectivity index (χ1) is 9.50. The fraction of sp³-hybridized carbons (Fsp3) is 0.364. The van der Waals surface area contributed by atoms with E-state index in [0.717, 1.165) is 0 Å². The molecule has 0 aliphatic heterocycles. The Morgan fingerprint density at radius 1 is 0.857 bits per heavy atom. The van der Waals surface area contributed by atoms with E-state index >= 15 is 0 Å². The molecule has 0 saturated heterocycles. The molecule has 1 aromatic carbocycles. The molecule has 5 nitrogen and oxygen atoms in total. The SMILES string of the molecule is CC(O)NC(C)O.O=C(O)c1c(F)c(F)c(F)c(F)c1F. The fourth-order valence-electron chi connectivity index (χ4n) is 1.14. The maximum atomic E-state index is 12.6. The standard InChI is InChI=1S/C7HF5O2.C4H11NO2/c8-2-1(7(13)14)3(9)5(11)6(12)4(2)10;1-3(6)5-4(2)7/h(H,13,14);3-7H,1-2H3. The number of aliphatic hydroxyl groups is 2. The first-order valence-corrected chi connectivity index (χ1v) is 5.37. The van der Waals surface area contributed by atoms with Crippen molar-refractivity contribution in [2.45, 2.75) is 26.3 Å². The molecule has 2 atom stereocenters. The maximum Gasteiger partial charge on any atom is 0.341 e. The summed E-state index contributed by atoms with van der Waals surface area (Å²) in [5, 5.41) is 27.5. The number of hydrogen-bond donors (Lipinski definition) is 4. The Hall–Kier alpha value is -1.78. The van der Waals surface area contributed by atoms with Crippen molar-refractivity contribution in [1.82, 2.24) is 5.32 Å². The lowest BCUT2D eigenvalue weighted by molar-refractivity contribution is 0.0630. The maximum absolute atomic E-state index is 12.6. The molecule has 1 aromatic rings. The van der Waals surface area contributed by atoms with Crippen LogP contribution in [0.3, 0.4) is 0 Å². The van der Waals surface area contributed by atoms with Gasteiger partial charge in [-0.3, -0.25) is 5.32 Å². The van der Waals surface area contributed by atoms with Gasteiger partial charge in [0, 0.05) is 0 Å². The fourth-order valence-corrected chi connectivity index (χ4v) is 1.14. The summed E-state index contributed by atoms with van der Waals surface area (Å²) < 4.78 is 62.1. The van der Waals surface area contributed by atoms with Crippen LogP contribution in [-0.2, 0) is 0 Å². The lowest BCUT2D eigenvalue weighted by Gasteiger charge is -2.08. The second kappa shape index (κ2) is 7.86. The summed E-state index contributed by atoms with van der Waals surface area (Å²) in [6, 6.07) is 0. The highest BCUT2D eigenvalue weighted by Crippen LogP contribution is 2.22. The van der Waals surface area contributed by atoms with E-state index in [0.29, 0.717) is 0 Å². The third-order valence-corrected chi connectivity index (χ3v) is 1.91. The van der Waals surface area contributed by atoms with Gasteiger partial charge >= 0.3 is 5.97 Å². The monoisotopic (exact) mass is 317 g/mol. The van der Waals surface area contributed by atoms with Crippen LogP contribution in [0.15, 0.2) is 0 Å². The van der Waals surface area contributed by atoms with Gasteiger partial charge in [0.15, 0.2) is 23.3 Å². The molecule has 120 valence electrons. The van der Waals surface area contributed by atoms with Crippen LogP contribution in [0.5, 0.6) is 0 Å². The molecule has 0 spiro atoms. The van der Waals surface area contributed by atoms with Gasteiger partial charge in [0.1, 0.15) is 18.0 Å². The van der Waals surface area contributed by atoms with Gasteiger partial charge < -0.3 is 15.3 Å². The van der Waals surface area contributed by atoms with Crippen LogP contribution in [0.25, 0.3) is 0 Å². The Balaban J connectivity index is 0.000000486. The molecule has 0 aliphatic carbocycles. The minimum absolute atomic E-state index is 0.625. The lowest BCUT2D eigenvalue weighted by atomic mass is 10.1. The van der Waals surface area contributed by atoms with Crippen LogP contribution < -0.4 is 5.32 Å². The minimum Gasteiger partial charge on any atom is -0.477 e. The van der Waals surface area contributed by atoms with Crippen LogP contribution in [0.1, 0.15) is 24.2 Å². The third kappa shape index (κ3) is 5.25. The summed E-state index contributed by atoms with van der Waals surface area (Å²) in [6.07, 6.45) is -1.25. The largest absolute Gasteiger partial charge is 0.477 e. The van der Waals surface area contributed by atoms with E-state index in [1.807, 2.05) is 0 Å². The quantitative estimate of drug-likeness (QED) is 0.292. The predicted octanol–water partition coefficient (Wildman–Crippen LogP) is 1.33. The van der Waals surface area contributed by atoms with E-state index in [9.17, 15) is 26.7 Å². The average Bonchev–Trinajstić information content (AvgIpc) is 2.33. The van der Waals surface area contributed by atoms with Gasteiger partial charge in [-0.15, -0.1) is 0 Å². The molecule has 21 heavy (non-hydrogen) atoms. The summed E-state index contributed by atoms with van der Waals surface area (Å²) in [7, 11) is 0. The number of carboxylic acid groups (broad SMARTS) is 1. The normalized spacial score (nSPS) is 13.2. The Labute approximate surface area is 115 Å². The lowest BCUT2D eigenvalue weighted by Crippen LogP contribution is -2.33. The van der Waals surface area contributed by atoms with E-state index in [2.05, 4.69) is 5.32 Å². The van der Waals surface area contributed by atoms with Gasteiger partial charge in [-0.2, -0.15) is 0 Å². The third-order valence-electron chi connectivity index (χ3n) is 1.91. The summed E-state index contributed by atoms with van der Waals surface area (Å²) in [4.78, 5) is 10.1. The molecule has 0 amide bonds. The highest BCUT2D eigenvalue weighted by atomic mass is 19.2. The van der Waals surface area contributed by atoms with Crippen molar-refractivity contribution in [3.8, 4) is 0 Å². The van der Waals surface area contributed by atoms with Gasteiger partial charge in [0.2, 0.25) is 5.82 Å². The summed E-state index contributed by atoms with van der Waals surface area (Å²) >= 11 is 0. The van der Waals surface area contributed by atoms with E-state index in [1.54, 1.807) is 13.8 Å². The predicted molar refractivity (Wildman–Crippen MR) is 59.7 cm³/mol. The number of nitrogens with one attached hydrogen (secondary N) is 1. The zero-order valence-corrected chi connectivity index (χ0v) is 10.8. The van der Waals surface area contributed by atoms with Gasteiger partial charge in [-0.05, 0) is 13.8 Å². The number of carbonyl (C=O) groups is 1.